The molecule has 0 heterocycles. The Labute approximate surface area is 161 Å². The summed E-state index contributed by atoms with van der Waals surface area (Å²) < 4.78 is 5.43. The SMILES string of the molecule is C=C=CC12CCC(=O)C(OC(C)=O)=C1CC[C@@H]1[C@@H]2CC[C@]2(C)[C@@H](O)CC[C@@H]12. The zero-order valence-electron chi connectivity index (χ0n) is 16.4. The Hall–Kier alpha value is -1.64. The minimum Gasteiger partial charge on any atom is -0.423 e. The number of esters is 1. The molecule has 1 unspecified atom stereocenters. The van der Waals surface area contributed by atoms with Gasteiger partial charge >= 0.3 is 5.97 Å². The smallest absolute Gasteiger partial charge is 0.308 e. The van der Waals surface area contributed by atoms with Gasteiger partial charge in [0.1, 0.15) is 0 Å². The predicted molar refractivity (Wildman–Crippen MR) is 101 cm³/mol. The average molecular weight is 370 g/mol. The van der Waals surface area contributed by atoms with Crippen molar-refractivity contribution in [2.75, 3.05) is 0 Å². The molecule has 146 valence electrons. The van der Waals surface area contributed by atoms with Crippen LogP contribution in [0.5, 0.6) is 0 Å². The summed E-state index contributed by atoms with van der Waals surface area (Å²) in [5, 5.41) is 10.6. The lowest BCUT2D eigenvalue weighted by Gasteiger charge is -2.57. The third-order valence-corrected chi connectivity index (χ3v) is 8.24. The molecule has 3 fully saturated rings. The lowest BCUT2D eigenvalue weighted by atomic mass is 9.46. The van der Waals surface area contributed by atoms with E-state index in [4.69, 9.17) is 4.74 Å². The van der Waals surface area contributed by atoms with Gasteiger partial charge in [0, 0.05) is 18.8 Å². The van der Waals surface area contributed by atoms with E-state index in [1.165, 1.54) is 6.92 Å². The normalized spacial score (nSPS) is 43.3. The first kappa shape index (κ1) is 18.7. The van der Waals surface area contributed by atoms with Crippen LogP contribution in [0, 0.1) is 28.6 Å². The highest BCUT2D eigenvalue weighted by Gasteiger charge is 2.60. The van der Waals surface area contributed by atoms with Gasteiger partial charge in [0.25, 0.3) is 0 Å². The van der Waals surface area contributed by atoms with Crippen LogP contribution in [0.25, 0.3) is 0 Å². The molecule has 0 aromatic rings. The summed E-state index contributed by atoms with van der Waals surface area (Å²) in [6.07, 6.45) is 8.80. The van der Waals surface area contributed by atoms with Crippen LogP contribution in [0.2, 0.25) is 0 Å². The molecule has 0 aliphatic heterocycles. The summed E-state index contributed by atoms with van der Waals surface area (Å²) in [5.74, 6) is 1.26. The van der Waals surface area contributed by atoms with Crippen molar-refractivity contribution in [1.82, 2.24) is 0 Å². The van der Waals surface area contributed by atoms with Gasteiger partial charge in [0.15, 0.2) is 11.5 Å². The fourth-order valence-electron chi connectivity index (χ4n) is 7.04. The molecule has 4 rings (SSSR count). The van der Waals surface area contributed by atoms with Crippen LogP contribution < -0.4 is 0 Å². The maximum Gasteiger partial charge on any atom is 0.308 e. The van der Waals surface area contributed by atoms with E-state index in [1.807, 2.05) is 0 Å². The molecule has 4 aliphatic carbocycles. The number of hydrogen-bond acceptors (Lipinski definition) is 4. The number of Topliss-reactive ketones (excluding diaryl/α,β-unsaturated/α-hetero) is 1. The van der Waals surface area contributed by atoms with Gasteiger partial charge in [-0.3, -0.25) is 9.59 Å². The minimum atomic E-state index is -0.429. The summed E-state index contributed by atoms with van der Waals surface area (Å²) in [4.78, 5) is 24.2. The fraction of sp³-hybridized carbons (Fsp3) is 0.696. The Morgan fingerprint density at radius 1 is 1.22 bits per heavy atom. The van der Waals surface area contributed by atoms with Crippen molar-refractivity contribution in [3.8, 4) is 0 Å². The number of fused-ring (bicyclic) bond motifs is 5. The van der Waals surface area contributed by atoms with Crippen molar-refractivity contribution < 1.29 is 19.4 Å². The first-order chi connectivity index (χ1) is 12.8. The third-order valence-electron chi connectivity index (χ3n) is 8.24. The highest BCUT2D eigenvalue weighted by molar-refractivity contribution is 5.97. The van der Waals surface area contributed by atoms with Crippen molar-refractivity contribution in [2.24, 2.45) is 28.6 Å². The zero-order chi connectivity index (χ0) is 19.4. The Bertz CT molecular complexity index is 758. The Kier molecular flexibility index (Phi) is 4.48. The van der Waals surface area contributed by atoms with E-state index in [2.05, 4.69) is 25.3 Å². The molecule has 0 radical (unpaired) electrons. The van der Waals surface area contributed by atoms with Gasteiger partial charge in [-0.2, -0.15) is 0 Å². The molecule has 4 heteroatoms. The number of carbonyl (C=O) groups excluding carboxylic acids is 2. The molecule has 0 spiro atoms. The predicted octanol–water partition coefficient (Wildman–Crippen LogP) is 4.09. The second-order valence-electron chi connectivity index (χ2n) is 9.27. The Morgan fingerprint density at radius 3 is 2.70 bits per heavy atom. The molecule has 27 heavy (non-hydrogen) atoms. The quantitative estimate of drug-likeness (QED) is 0.587. The molecular weight excluding hydrogens is 340 g/mol. The maximum absolute atomic E-state index is 12.5. The summed E-state index contributed by atoms with van der Waals surface area (Å²) in [7, 11) is 0. The lowest BCUT2D eigenvalue weighted by molar-refractivity contribution is -0.142. The van der Waals surface area contributed by atoms with E-state index in [0.717, 1.165) is 50.5 Å². The summed E-state index contributed by atoms with van der Waals surface area (Å²) in [6.45, 7) is 7.46. The van der Waals surface area contributed by atoms with E-state index >= 15 is 0 Å². The van der Waals surface area contributed by atoms with E-state index in [0.29, 0.717) is 29.9 Å². The number of allylic oxidation sites excluding steroid dienone is 2. The number of ketones is 1. The Morgan fingerprint density at radius 2 is 2.00 bits per heavy atom. The summed E-state index contributed by atoms with van der Waals surface area (Å²) in [6, 6.07) is 0. The lowest BCUT2D eigenvalue weighted by Crippen LogP contribution is -2.52. The molecule has 4 aliphatic rings. The van der Waals surface area contributed by atoms with Crippen LogP contribution in [0.3, 0.4) is 0 Å². The molecule has 4 nitrogen and oxygen atoms in total. The molecular formula is C23H30O4. The van der Waals surface area contributed by atoms with Crippen LogP contribution in [0.4, 0.5) is 0 Å². The van der Waals surface area contributed by atoms with Gasteiger partial charge in [0.2, 0.25) is 0 Å². The standard InChI is InChI=1S/C23H30O4/c1-4-11-23-13-10-19(25)21(27-14(2)24)18(23)6-5-15-16-7-8-20(26)22(16,3)12-9-17(15)23/h11,15-17,20,26H,1,5-10,12-13H2,2-3H3/t15-,16-,17-,20-,22-,23?/m0/s1. The molecule has 0 bridgehead atoms. The van der Waals surface area contributed by atoms with Crippen molar-refractivity contribution >= 4 is 11.8 Å². The van der Waals surface area contributed by atoms with Crippen LogP contribution in [-0.4, -0.2) is 23.0 Å². The largest absolute Gasteiger partial charge is 0.423 e. The number of aliphatic hydroxyl groups is 1. The number of hydrogen-bond donors (Lipinski definition) is 1. The summed E-state index contributed by atoms with van der Waals surface area (Å²) in [5.41, 5.74) is 3.75. The molecule has 1 N–H and O–H groups in total. The highest BCUT2D eigenvalue weighted by atomic mass is 16.5. The van der Waals surface area contributed by atoms with E-state index in [-0.39, 0.29) is 22.7 Å². The molecule has 6 atom stereocenters. The van der Waals surface area contributed by atoms with Crippen LogP contribution in [-0.2, 0) is 14.3 Å². The maximum atomic E-state index is 12.5. The van der Waals surface area contributed by atoms with Gasteiger partial charge < -0.3 is 9.84 Å². The second-order valence-corrected chi connectivity index (χ2v) is 9.27. The third kappa shape index (κ3) is 2.61. The van der Waals surface area contributed by atoms with Crippen LogP contribution >= 0.6 is 0 Å². The molecule has 0 amide bonds. The van der Waals surface area contributed by atoms with E-state index in [9.17, 15) is 14.7 Å². The van der Waals surface area contributed by atoms with E-state index in [1.54, 1.807) is 0 Å². The van der Waals surface area contributed by atoms with Gasteiger partial charge in [-0.05, 0) is 79.8 Å². The molecule has 0 aromatic carbocycles. The average Bonchev–Trinajstić information content (AvgIpc) is 2.93. The number of carbonyl (C=O) groups is 2. The highest BCUT2D eigenvalue weighted by Crippen LogP contribution is 2.66. The summed E-state index contributed by atoms with van der Waals surface area (Å²) >= 11 is 0. The fourth-order valence-corrected chi connectivity index (χ4v) is 7.04. The van der Waals surface area contributed by atoms with Crippen LogP contribution in [0.1, 0.15) is 65.2 Å². The van der Waals surface area contributed by atoms with E-state index < -0.39 is 5.97 Å². The topological polar surface area (TPSA) is 63.6 Å². The minimum absolute atomic E-state index is 0.0185. The van der Waals surface area contributed by atoms with Crippen molar-refractivity contribution in [2.45, 2.75) is 71.3 Å². The first-order valence-electron chi connectivity index (χ1n) is 10.3. The van der Waals surface area contributed by atoms with Crippen molar-refractivity contribution in [3.05, 3.63) is 29.7 Å². The zero-order valence-corrected chi connectivity index (χ0v) is 16.4. The van der Waals surface area contributed by atoms with Crippen molar-refractivity contribution in [3.63, 3.8) is 0 Å². The number of aliphatic hydroxyl groups excluding tert-OH is 1. The molecule has 0 aromatic heterocycles. The van der Waals surface area contributed by atoms with Gasteiger partial charge in [-0.25, -0.2) is 0 Å². The van der Waals surface area contributed by atoms with Gasteiger partial charge in [0.05, 0.1) is 6.10 Å². The second kappa shape index (κ2) is 6.46. The molecule has 3 saturated carbocycles. The van der Waals surface area contributed by atoms with Gasteiger partial charge in [-0.15, -0.1) is 5.73 Å². The Balaban J connectivity index is 1.80. The van der Waals surface area contributed by atoms with Crippen LogP contribution in [0.15, 0.2) is 29.7 Å². The molecule has 0 saturated heterocycles. The number of ether oxygens (including phenoxy) is 1. The monoisotopic (exact) mass is 370 g/mol. The first-order valence-corrected chi connectivity index (χ1v) is 10.3. The van der Waals surface area contributed by atoms with Crippen molar-refractivity contribution in [1.29, 1.82) is 0 Å². The number of rotatable bonds is 2. The van der Waals surface area contributed by atoms with Gasteiger partial charge in [-0.1, -0.05) is 13.5 Å².